The quantitative estimate of drug-likeness (QED) is 0.897. The number of amides is 3. The van der Waals surface area contributed by atoms with E-state index in [-0.39, 0.29) is 12.1 Å². The van der Waals surface area contributed by atoms with Crippen LogP contribution in [0.15, 0.2) is 24.3 Å². The Bertz CT molecular complexity index is 513. The molecule has 0 radical (unpaired) electrons. The molecule has 1 aromatic rings. The monoisotopic (exact) mass is 325 g/mol. The average Bonchev–Trinajstić information content (AvgIpc) is 2.50. The standard InChI is InChI=1S/C15H20ClN3O3/c1-2-22-15(21)18-13-7-9-19(10-8-13)14(20)17-12-5-3-11(16)4-6-12/h3-6,13H,2,7-10H2,1H3,(H,17,20)(H,18,21). The van der Waals surface area contributed by atoms with Gasteiger partial charge in [0.2, 0.25) is 0 Å². The summed E-state index contributed by atoms with van der Waals surface area (Å²) in [4.78, 5) is 25.2. The molecule has 22 heavy (non-hydrogen) atoms. The first-order valence-electron chi connectivity index (χ1n) is 7.33. The molecule has 0 aliphatic carbocycles. The Morgan fingerprint density at radius 2 is 1.91 bits per heavy atom. The highest BCUT2D eigenvalue weighted by Gasteiger charge is 2.24. The number of anilines is 1. The van der Waals surface area contributed by atoms with E-state index in [9.17, 15) is 9.59 Å². The normalized spacial score (nSPS) is 15.3. The summed E-state index contributed by atoms with van der Waals surface area (Å²) >= 11 is 5.81. The number of urea groups is 1. The van der Waals surface area contributed by atoms with Gasteiger partial charge < -0.3 is 20.3 Å². The smallest absolute Gasteiger partial charge is 0.407 e. The van der Waals surface area contributed by atoms with Crippen molar-refractivity contribution in [1.29, 1.82) is 0 Å². The summed E-state index contributed by atoms with van der Waals surface area (Å²) in [6.07, 6.45) is 1.03. The van der Waals surface area contributed by atoms with Crippen LogP contribution >= 0.6 is 11.6 Å². The minimum atomic E-state index is -0.397. The van der Waals surface area contributed by atoms with Crippen molar-refractivity contribution < 1.29 is 14.3 Å². The number of carbonyl (C=O) groups excluding carboxylic acids is 2. The van der Waals surface area contributed by atoms with Crippen LogP contribution in [0.25, 0.3) is 0 Å². The number of halogens is 1. The Balaban J connectivity index is 1.77. The van der Waals surface area contributed by atoms with Crippen molar-refractivity contribution in [2.24, 2.45) is 0 Å². The highest BCUT2D eigenvalue weighted by atomic mass is 35.5. The number of ether oxygens (including phenoxy) is 1. The van der Waals surface area contributed by atoms with Gasteiger partial charge in [0, 0.05) is 29.8 Å². The van der Waals surface area contributed by atoms with Crippen molar-refractivity contribution in [3.05, 3.63) is 29.3 Å². The van der Waals surface area contributed by atoms with Crippen LogP contribution in [-0.4, -0.2) is 42.8 Å². The lowest BCUT2D eigenvalue weighted by atomic mass is 10.1. The molecule has 1 aromatic carbocycles. The highest BCUT2D eigenvalue weighted by molar-refractivity contribution is 6.30. The van der Waals surface area contributed by atoms with Gasteiger partial charge in [-0.3, -0.25) is 0 Å². The van der Waals surface area contributed by atoms with E-state index in [2.05, 4.69) is 10.6 Å². The van der Waals surface area contributed by atoms with E-state index in [0.717, 1.165) is 0 Å². The predicted molar refractivity (Wildman–Crippen MR) is 85.2 cm³/mol. The van der Waals surface area contributed by atoms with Gasteiger partial charge in [-0.25, -0.2) is 9.59 Å². The fraction of sp³-hybridized carbons (Fsp3) is 0.467. The summed E-state index contributed by atoms with van der Waals surface area (Å²) in [5, 5.41) is 6.26. The summed E-state index contributed by atoms with van der Waals surface area (Å²) < 4.78 is 4.85. The van der Waals surface area contributed by atoms with Crippen LogP contribution in [0.2, 0.25) is 5.02 Å². The molecule has 2 rings (SSSR count). The maximum Gasteiger partial charge on any atom is 0.407 e. The van der Waals surface area contributed by atoms with E-state index < -0.39 is 6.09 Å². The molecular weight excluding hydrogens is 306 g/mol. The SMILES string of the molecule is CCOC(=O)NC1CCN(C(=O)Nc2ccc(Cl)cc2)CC1. The van der Waals surface area contributed by atoms with Gasteiger partial charge >= 0.3 is 12.1 Å². The van der Waals surface area contributed by atoms with Crippen LogP contribution in [0.1, 0.15) is 19.8 Å². The van der Waals surface area contributed by atoms with E-state index in [0.29, 0.717) is 43.2 Å². The van der Waals surface area contributed by atoms with E-state index >= 15 is 0 Å². The lowest BCUT2D eigenvalue weighted by Gasteiger charge is -2.32. The number of benzene rings is 1. The molecule has 3 amide bonds. The minimum Gasteiger partial charge on any atom is -0.450 e. The number of rotatable bonds is 3. The van der Waals surface area contributed by atoms with Crippen molar-refractivity contribution in [3.8, 4) is 0 Å². The minimum absolute atomic E-state index is 0.0543. The molecule has 0 spiro atoms. The van der Waals surface area contributed by atoms with Gasteiger partial charge in [0.1, 0.15) is 0 Å². The number of hydrogen-bond acceptors (Lipinski definition) is 3. The third-order valence-corrected chi connectivity index (χ3v) is 3.73. The summed E-state index contributed by atoms with van der Waals surface area (Å²) in [5.41, 5.74) is 0.709. The first-order chi connectivity index (χ1) is 10.6. The molecule has 0 unspecified atom stereocenters. The number of piperidine rings is 1. The largest absolute Gasteiger partial charge is 0.450 e. The topological polar surface area (TPSA) is 70.7 Å². The summed E-state index contributed by atoms with van der Waals surface area (Å²) in [5.74, 6) is 0. The summed E-state index contributed by atoms with van der Waals surface area (Å²) in [6, 6.07) is 6.89. The summed E-state index contributed by atoms with van der Waals surface area (Å²) in [7, 11) is 0. The van der Waals surface area contributed by atoms with Crippen molar-refractivity contribution in [2.45, 2.75) is 25.8 Å². The van der Waals surface area contributed by atoms with Crippen molar-refractivity contribution in [2.75, 3.05) is 25.0 Å². The number of nitrogens with zero attached hydrogens (tertiary/aromatic N) is 1. The van der Waals surface area contributed by atoms with Crippen molar-refractivity contribution >= 4 is 29.4 Å². The second-order valence-electron chi connectivity index (χ2n) is 5.06. The second kappa shape index (κ2) is 7.89. The lowest BCUT2D eigenvalue weighted by molar-refractivity contribution is 0.140. The summed E-state index contributed by atoms with van der Waals surface area (Å²) in [6.45, 7) is 3.31. The van der Waals surface area contributed by atoms with Gasteiger partial charge in [-0.05, 0) is 44.0 Å². The van der Waals surface area contributed by atoms with Gasteiger partial charge in [0.25, 0.3) is 0 Å². The fourth-order valence-electron chi connectivity index (χ4n) is 2.30. The molecule has 2 N–H and O–H groups in total. The van der Waals surface area contributed by atoms with Crippen LogP contribution in [0.3, 0.4) is 0 Å². The van der Waals surface area contributed by atoms with Crippen LogP contribution in [-0.2, 0) is 4.74 Å². The van der Waals surface area contributed by atoms with Crippen LogP contribution in [0.5, 0.6) is 0 Å². The molecule has 0 atom stereocenters. The van der Waals surface area contributed by atoms with Crippen molar-refractivity contribution in [3.63, 3.8) is 0 Å². The fourth-order valence-corrected chi connectivity index (χ4v) is 2.43. The third kappa shape index (κ3) is 4.80. The first kappa shape index (κ1) is 16.4. The Hall–Kier alpha value is -1.95. The molecule has 1 saturated heterocycles. The van der Waals surface area contributed by atoms with E-state index in [1.54, 1.807) is 36.1 Å². The molecule has 1 aliphatic heterocycles. The van der Waals surface area contributed by atoms with Gasteiger partial charge in [-0.2, -0.15) is 0 Å². The molecule has 1 heterocycles. The Kier molecular flexibility index (Phi) is 5.89. The first-order valence-corrected chi connectivity index (χ1v) is 7.71. The molecule has 1 fully saturated rings. The van der Waals surface area contributed by atoms with Gasteiger partial charge in [-0.1, -0.05) is 11.6 Å². The zero-order valence-electron chi connectivity index (χ0n) is 12.5. The van der Waals surface area contributed by atoms with E-state index in [1.807, 2.05) is 0 Å². The Labute approximate surface area is 134 Å². The van der Waals surface area contributed by atoms with Crippen LogP contribution in [0, 0.1) is 0 Å². The zero-order chi connectivity index (χ0) is 15.9. The number of nitrogens with one attached hydrogen (secondary N) is 2. The maximum absolute atomic E-state index is 12.2. The van der Waals surface area contributed by atoms with Crippen LogP contribution < -0.4 is 10.6 Å². The predicted octanol–water partition coefficient (Wildman–Crippen LogP) is 3.08. The number of hydrogen-bond donors (Lipinski definition) is 2. The Morgan fingerprint density at radius 1 is 1.27 bits per heavy atom. The third-order valence-electron chi connectivity index (χ3n) is 3.48. The maximum atomic E-state index is 12.2. The lowest BCUT2D eigenvalue weighted by Crippen LogP contribution is -2.47. The molecule has 1 aliphatic rings. The average molecular weight is 326 g/mol. The molecule has 7 heteroatoms. The van der Waals surface area contributed by atoms with Crippen LogP contribution in [0.4, 0.5) is 15.3 Å². The second-order valence-corrected chi connectivity index (χ2v) is 5.50. The number of likely N-dealkylation sites (tertiary alicyclic amines) is 1. The van der Waals surface area contributed by atoms with Gasteiger partial charge in [-0.15, -0.1) is 0 Å². The molecule has 120 valence electrons. The van der Waals surface area contributed by atoms with E-state index in [1.165, 1.54) is 0 Å². The van der Waals surface area contributed by atoms with Gasteiger partial charge in [0.05, 0.1) is 6.61 Å². The van der Waals surface area contributed by atoms with E-state index in [4.69, 9.17) is 16.3 Å². The molecule has 6 nitrogen and oxygen atoms in total. The number of carbonyl (C=O) groups is 2. The highest BCUT2D eigenvalue weighted by Crippen LogP contribution is 2.16. The molecule has 0 bridgehead atoms. The number of alkyl carbamates (subject to hydrolysis) is 1. The van der Waals surface area contributed by atoms with Crippen molar-refractivity contribution in [1.82, 2.24) is 10.2 Å². The zero-order valence-corrected chi connectivity index (χ0v) is 13.2. The molecule has 0 saturated carbocycles. The Morgan fingerprint density at radius 3 is 2.50 bits per heavy atom. The molecule has 0 aromatic heterocycles. The molecular formula is C15H20ClN3O3. The van der Waals surface area contributed by atoms with Gasteiger partial charge in [0.15, 0.2) is 0 Å².